The molecule has 1 saturated heterocycles. The average molecular weight is 397 g/mol. The van der Waals surface area contributed by atoms with E-state index in [1.165, 1.54) is 23.1 Å². The predicted molar refractivity (Wildman–Crippen MR) is 104 cm³/mol. The fourth-order valence-corrected chi connectivity index (χ4v) is 2.98. The largest absolute Gasteiger partial charge is 0.455 e. The van der Waals surface area contributed by atoms with Crippen molar-refractivity contribution in [3.8, 4) is 0 Å². The number of nitro groups is 1. The zero-order valence-electron chi connectivity index (χ0n) is 15.7. The molecule has 1 heterocycles. The van der Waals surface area contributed by atoms with E-state index in [0.717, 1.165) is 5.56 Å². The maximum atomic E-state index is 12.3. The monoisotopic (exact) mass is 397 g/mol. The maximum Gasteiger partial charge on any atom is 0.311 e. The lowest BCUT2D eigenvalue weighted by Gasteiger charge is -2.16. The van der Waals surface area contributed by atoms with Crippen molar-refractivity contribution in [2.45, 2.75) is 13.3 Å². The molecule has 1 aliphatic rings. The Morgan fingerprint density at radius 1 is 1.24 bits per heavy atom. The van der Waals surface area contributed by atoms with Gasteiger partial charge in [0.2, 0.25) is 5.91 Å². The summed E-state index contributed by atoms with van der Waals surface area (Å²) in [5.41, 5.74) is 1.84. The number of esters is 1. The van der Waals surface area contributed by atoms with Crippen molar-refractivity contribution >= 4 is 34.8 Å². The van der Waals surface area contributed by atoms with Crippen molar-refractivity contribution < 1.29 is 24.0 Å². The highest BCUT2D eigenvalue weighted by Crippen LogP contribution is 2.28. The lowest BCUT2D eigenvalue weighted by atomic mass is 10.1. The minimum Gasteiger partial charge on any atom is -0.455 e. The normalized spacial score (nSPS) is 15.8. The predicted octanol–water partition coefficient (Wildman–Crippen LogP) is 2.44. The van der Waals surface area contributed by atoms with Crippen LogP contribution in [-0.4, -0.2) is 35.9 Å². The number of rotatable bonds is 6. The number of nitrogens with zero attached hydrogens (tertiary/aromatic N) is 2. The molecule has 2 amide bonds. The van der Waals surface area contributed by atoms with E-state index in [2.05, 4.69) is 5.32 Å². The molecule has 3 rings (SSSR count). The first-order valence-corrected chi connectivity index (χ1v) is 8.91. The second kappa shape index (κ2) is 8.51. The highest BCUT2D eigenvalue weighted by molar-refractivity contribution is 6.00. The Morgan fingerprint density at radius 2 is 1.97 bits per heavy atom. The number of nitrogens with one attached hydrogen (secondary N) is 1. The first kappa shape index (κ1) is 20.0. The zero-order chi connectivity index (χ0) is 21.0. The molecule has 29 heavy (non-hydrogen) atoms. The summed E-state index contributed by atoms with van der Waals surface area (Å²) < 4.78 is 5.04. The van der Waals surface area contributed by atoms with E-state index in [4.69, 9.17) is 4.74 Å². The lowest BCUT2D eigenvalue weighted by molar-refractivity contribution is -0.384. The van der Waals surface area contributed by atoms with Crippen LogP contribution in [0.15, 0.2) is 48.5 Å². The quantitative estimate of drug-likeness (QED) is 0.454. The molecule has 150 valence electrons. The van der Waals surface area contributed by atoms with Crippen LogP contribution in [0.5, 0.6) is 0 Å². The molecule has 1 aliphatic heterocycles. The Hall–Kier alpha value is -3.75. The Kier molecular flexibility index (Phi) is 5.87. The number of carbonyl (C=O) groups excluding carboxylic acids is 3. The number of amides is 2. The number of hydrogen-bond donors (Lipinski definition) is 1. The molecule has 2 aromatic rings. The second-order valence-electron chi connectivity index (χ2n) is 6.70. The molecule has 0 aromatic heterocycles. The Labute approximate surface area is 166 Å². The molecule has 9 heteroatoms. The van der Waals surface area contributed by atoms with Gasteiger partial charge in [0.1, 0.15) is 0 Å². The highest BCUT2D eigenvalue weighted by atomic mass is 16.6. The van der Waals surface area contributed by atoms with Crippen molar-refractivity contribution in [2.75, 3.05) is 23.4 Å². The summed E-state index contributed by atoms with van der Waals surface area (Å²) in [6.07, 6.45) is -0.0822. The van der Waals surface area contributed by atoms with Gasteiger partial charge in [-0.3, -0.25) is 24.5 Å². The van der Waals surface area contributed by atoms with Crippen LogP contribution >= 0.6 is 0 Å². The van der Waals surface area contributed by atoms with Gasteiger partial charge in [-0.1, -0.05) is 23.8 Å². The first-order chi connectivity index (χ1) is 13.8. The van der Waals surface area contributed by atoms with Crippen LogP contribution in [0.1, 0.15) is 12.0 Å². The van der Waals surface area contributed by atoms with Crippen LogP contribution in [0.3, 0.4) is 0 Å². The van der Waals surface area contributed by atoms with Crippen molar-refractivity contribution in [2.24, 2.45) is 5.92 Å². The van der Waals surface area contributed by atoms with Gasteiger partial charge in [-0.15, -0.1) is 0 Å². The topological polar surface area (TPSA) is 119 Å². The van der Waals surface area contributed by atoms with Gasteiger partial charge in [0.25, 0.3) is 11.6 Å². The van der Waals surface area contributed by atoms with Gasteiger partial charge in [0.15, 0.2) is 6.61 Å². The fourth-order valence-electron chi connectivity index (χ4n) is 2.98. The van der Waals surface area contributed by atoms with Crippen molar-refractivity contribution in [1.29, 1.82) is 0 Å². The van der Waals surface area contributed by atoms with E-state index in [1.54, 1.807) is 18.2 Å². The van der Waals surface area contributed by atoms with Gasteiger partial charge >= 0.3 is 5.97 Å². The van der Waals surface area contributed by atoms with Gasteiger partial charge in [-0.2, -0.15) is 0 Å². The first-order valence-electron chi connectivity index (χ1n) is 8.91. The molecule has 0 aliphatic carbocycles. The minimum absolute atomic E-state index is 0.0401. The lowest BCUT2D eigenvalue weighted by Crippen LogP contribution is -2.28. The van der Waals surface area contributed by atoms with Crippen LogP contribution in [0.4, 0.5) is 17.1 Å². The van der Waals surface area contributed by atoms with Crippen LogP contribution in [-0.2, 0) is 19.1 Å². The molecule has 0 spiro atoms. The van der Waals surface area contributed by atoms with E-state index >= 15 is 0 Å². The molecule has 0 bridgehead atoms. The SMILES string of the molecule is Cc1ccc(NC(=O)COC(=O)[C@H]2CC(=O)N(c3cccc([N+](=O)[O-])c3)C2)cc1. The molecule has 1 atom stereocenters. The highest BCUT2D eigenvalue weighted by Gasteiger charge is 2.36. The molecule has 1 N–H and O–H groups in total. The van der Waals surface area contributed by atoms with E-state index in [9.17, 15) is 24.5 Å². The number of hydrogen-bond acceptors (Lipinski definition) is 6. The van der Waals surface area contributed by atoms with E-state index in [-0.39, 0.29) is 24.6 Å². The van der Waals surface area contributed by atoms with Crippen LogP contribution in [0.25, 0.3) is 0 Å². The van der Waals surface area contributed by atoms with E-state index in [1.807, 2.05) is 19.1 Å². The molecule has 9 nitrogen and oxygen atoms in total. The molecule has 0 saturated carbocycles. The average Bonchev–Trinajstić information content (AvgIpc) is 3.10. The van der Waals surface area contributed by atoms with Gasteiger partial charge < -0.3 is 15.0 Å². The van der Waals surface area contributed by atoms with E-state index in [0.29, 0.717) is 11.4 Å². The summed E-state index contributed by atoms with van der Waals surface area (Å²) in [4.78, 5) is 48.1. The third-order valence-electron chi connectivity index (χ3n) is 4.49. The smallest absolute Gasteiger partial charge is 0.311 e. The molecule has 1 fully saturated rings. The van der Waals surface area contributed by atoms with Crippen LogP contribution < -0.4 is 10.2 Å². The van der Waals surface area contributed by atoms with Gasteiger partial charge in [-0.05, 0) is 25.1 Å². The summed E-state index contributed by atoms with van der Waals surface area (Å²) >= 11 is 0. The second-order valence-corrected chi connectivity index (χ2v) is 6.70. The van der Waals surface area contributed by atoms with E-state index < -0.39 is 29.3 Å². The number of anilines is 2. The standard InChI is InChI=1S/C20H19N3O6/c1-13-5-7-15(8-6-13)21-18(24)12-29-20(26)14-9-19(25)22(11-14)16-3-2-4-17(10-16)23(27)28/h2-8,10,14H,9,11-12H2,1H3,(H,21,24)/t14-/m0/s1. The van der Waals surface area contributed by atoms with Gasteiger partial charge in [0, 0.05) is 30.8 Å². The number of aryl methyl sites for hydroxylation is 1. The Balaban J connectivity index is 1.55. The third kappa shape index (κ3) is 4.95. The van der Waals surface area contributed by atoms with Gasteiger partial charge in [0.05, 0.1) is 16.5 Å². The minimum atomic E-state index is -0.742. The zero-order valence-corrected chi connectivity index (χ0v) is 15.7. The molecule has 0 radical (unpaired) electrons. The van der Waals surface area contributed by atoms with Crippen molar-refractivity contribution in [1.82, 2.24) is 0 Å². The van der Waals surface area contributed by atoms with Crippen molar-refractivity contribution in [3.05, 3.63) is 64.2 Å². The molecule has 0 unspecified atom stereocenters. The third-order valence-corrected chi connectivity index (χ3v) is 4.49. The molecule has 2 aromatic carbocycles. The molecular formula is C20H19N3O6. The summed E-state index contributed by atoms with van der Waals surface area (Å²) in [5.74, 6) is -2.22. The summed E-state index contributed by atoms with van der Waals surface area (Å²) in [6.45, 7) is 1.50. The number of non-ortho nitro benzene ring substituents is 1. The summed E-state index contributed by atoms with van der Waals surface area (Å²) in [6, 6.07) is 12.8. The van der Waals surface area contributed by atoms with Crippen LogP contribution in [0, 0.1) is 23.0 Å². The number of carbonyl (C=O) groups is 3. The van der Waals surface area contributed by atoms with Crippen LogP contribution in [0.2, 0.25) is 0 Å². The number of benzene rings is 2. The van der Waals surface area contributed by atoms with Crippen molar-refractivity contribution in [3.63, 3.8) is 0 Å². The Morgan fingerprint density at radius 3 is 2.66 bits per heavy atom. The molecular weight excluding hydrogens is 378 g/mol. The summed E-state index contributed by atoms with van der Waals surface area (Å²) in [7, 11) is 0. The summed E-state index contributed by atoms with van der Waals surface area (Å²) in [5, 5.41) is 13.5. The Bertz CT molecular complexity index is 957. The van der Waals surface area contributed by atoms with Gasteiger partial charge in [-0.25, -0.2) is 0 Å². The fraction of sp³-hybridized carbons (Fsp3) is 0.250. The number of nitro benzene ring substituents is 1. The number of ether oxygens (including phenoxy) is 1. The maximum absolute atomic E-state index is 12.3.